The van der Waals surface area contributed by atoms with Crippen LogP contribution in [0.5, 0.6) is 17.2 Å². The van der Waals surface area contributed by atoms with Gasteiger partial charge in [-0.1, -0.05) is 17.4 Å². The third-order valence-corrected chi connectivity index (χ3v) is 4.88. The number of methoxy groups -OCH3 is 3. The predicted octanol–water partition coefficient (Wildman–Crippen LogP) is 3.08. The average molecular weight is 427 g/mol. The van der Waals surface area contributed by atoms with Crippen LogP contribution in [0.2, 0.25) is 0 Å². The van der Waals surface area contributed by atoms with Gasteiger partial charge in [-0.2, -0.15) is 5.11 Å². The summed E-state index contributed by atoms with van der Waals surface area (Å²) in [5.74, 6) is 0.709. The molecule has 0 saturated heterocycles. The van der Waals surface area contributed by atoms with Crippen molar-refractivity contribution >= 4 is 11.8 Å². The number of benzene rings is 2. The van der Waals surface area contributed by atoms with Crippen molar-refractivity contribution in [2.45, 2.75) is 25.6 Å². The lowest BCUT2D eigenvalue weighted by molar-refractivity contribution is -0.145. The van der Waals surface area contributed by atoms with Crippen LogP contribution < -0.4 is 14.2 Å². The van der Waals surface area contributed by atoms with E-state index in [0.717, 1.165) is 5.56 Å². The van der Waals surface area contributed by atoms with E-state index in [1.807, 2.05) is 24.3 Å². The Morgan fingerprint density at radius 1 is 0.968 bits per heavy atom. The average Bonchev–Trinajstić information content (AvgIpc) is 3.22. The van der Waals surface area contributed by atoms with Gasteiger partial charge in [0.05, 0.1) is 34.5 Å². The summed E-state index contributed by atoms with van der Waals surface area (Å²) in [6.45, 7) is 2.16. The van der Waals surface area contributed by atoms with E-state index in [-0.39, 0.29) is 18.9 Å². The van der Waals surface area contributed by atoms with E-state index in [1.165, 1.54) is 19.2 Å². The normalized spacial score (nSPS) is 17.4. The van der Waals surface area contributed by atoms with Crippen molar-refractivity contribution in [2.75, 3.05) is 27.9 Å². The number of nitrogens with zero attached hydrogens (tertiary/aromatic N) is 3. The third kappa shape index (κ3) is 4.76. The number of carbonyl (C=O) groups excluding carboxylic acids is 2. The van der Waals surface area contributed by atoms with Crippen LogP contribution in [-0.4, -0.2) is 56.8 Å². The van der Waals surface area contributed by atoms with Crippen molar-refractivity contribution in [1.29, 1.82) is 0 Å². The lowest BCUT2D eigenvalue weighted by Crippen LogP contribution is -2.45. The van der Waals surface area contributed by atoms with Gasteiger partial charge in [0.2, 0.25) is 0 Å². The molecule has 3 rings (SSSR count). The Morgan fingerprint density at radius 2 is 1.68 bits per heavy atom. The van der Waals surface area contributed by atoms with E-state index >= 15 is 0 Å². The summed E-state index contributed by atoms with van der Waals surface area (Å²) in [7, 11) is 4.59. The molecule has 9 heteroatoms. The van der Waals surface area contributed by atoms with Crippen LogP contribution in [0, 0.1) is 0 Å². The van der Waals surface area contributed by atoms with Gasteiger partial charge in [-0.15, -0.1) is 0 Å². The van der Waals surface area contributed by atoms with Gasteiger partial charge in [0.25, 0.3) is 0 Å². The minimum Gasteiger partial charge on any atom is -0.497 e. The Labute approximate surface area is 180 Å². The standard InChI is InChI=1S/C22H25N3O6/c1-5-31-22(27)19-20(21(26)15-8-11-17(29-3)18(12-15)30-4)25(24-23-19)13-14-6-9-16(28-2)10-7-14/h6-12,19-20H,5,13H2,1-4H3. The molecule has 2 unspecified atom stereocenters. The number of Topliss-reactive ketones (excluding diaryl/α,β-unsaturated/α-hetero) is 1. The maximum absolute atomic E-state index is 13.4. The smallest absolute Gasteiger partial charge is 0.335 e. The van der Waals surface area contributed by atoms with Gasteiger partial charge < -0.3 is 18.9 Å². The molecule has 1 aliphatic heterocycles. The van der Waals surface area contributed by atoms with Gasteiger partial charge in [-0.3, -0.25) is 9.80 Å². The van der Waals surface area contributed by atoms with Crippen molar-refractivity contribution in [3.05, 3.63) is 53.6 Å². The van der Waals surface area contributed by atoms with Crippen LogP contribution in [0.3, 0.4) is 0 Å². The van der Waals surface area contributed by atoms with Crippen LogP contribution in [0.15, 0.2) is 52.8 Å². The molecule has 2 aromatic rings. The van der Waals surface area contributed by atoms with Gasteiger partial charge in [-0.05, 0) is 42.8 Å². The molecule has 164 valence electrons. The fourth-order valence-electron chi connectivity index (χ4n) is 3.29. The summed E-state index contributed by atoms with van der Waals surface area (Å²) in [5.41, 5.74) is 1.23. The van der Waals surface area contributed by atoms with Gasteiger partial charge in [0.15, 0.2) is 23.3 Å². The number of hydrogen-bond donors (Lipinski definition) is 0. The van der Waals surface area contributed by atoms with Crippen molar-refractivity contribution in [3.63, 3.8) is 0 Å². The molecule has 0 aliphatic carbocycles. The second-order valence-corrected chi connectivity index (χ2v) is 6.73. The predicted molar refractivity (Wildman–Crippen MR) is 111 cm³/mol. The largest absolute Gasteiger partial charge is 0.497 e. The Kier molecular flexibility index (Phi) is 7.07. The molecule has 1 aliphatic rings. The van der Waals surface area contributed by atoms with E-state index in [1.54, 1.807) is 32.2 Å². The van der Waals surface area contributed by atoms with E-state index in [0.29, 0.717) is 22.8 Å². The van der Waals surface area contributed by atoms with E-state index < -0.39 is 18.1 Å². The van der Waals surface area contributed by atoms with Crippen molar-refractivity contribution in [3.8, 4) is 17.2 Å². The molecular weight excluding hydrogens is 402 g/mol. The molecule has 0 fully saturated rings. The molecule has 9 nitrogen and oxygen atoms in total. The van der Waals surface area contributed by atoms with Crippen LogP contribution in [0.1, 0.15) is 22.8 Å². The number of rotatable bonds is 9. The highest BCUT2D eigenvalue weighted by Gasteiger charge is 2.44. The molecule has 0 radical (unpaired) electrons. The highest BCUT2D eigenvalue weighted by atomic mass is 16.5. The highest BCUT2D eigenvalue weighted by Crippen LogP contribution is 2.31. The van der Waals surface area contributed by atoms with Gasteiger partial charge in [-0.25, -0.2) is 4.79 Å². The molecule has 0 aromatic heterocycles. The van der Waals surface area contributed by atoms with Crippen LogP contribution in [0.25, 0.3) is 0 Å². The minimum atomic E-state index is -1.06. The Hall–Kier alpha value is -3.62. The second-order valence-electron chi connectivity index (χ2n) is 6.73. The molecule has 2 aromatic carbocycles. The highest BCUT2D eigenvalue weighted by molar-refractivity contribution is 6.04. The topological polar surface area (TPSA) is 99.0 Å². The van der Waals surface area contributed by atoms with Gasteiger partial charge >= 0.3 is 5.97 Å². The maximum Gasteiger partial charge on any atom is 0.335 e. The van der Waals surface area contributed by atoms with Crippen LogP contribution in [0.4, 0.5) is 0 Å². The first-order valence-corrected chi connectivity index (χ1v) is 9.75. The summed E-state index contributed by atoms with van der Waals surface area (Å²) in [6, 6.07) is 10.2. The molecule has 0 amide bonds. The van der Waals surface area contributed by atoms with Crippen molar-refractivity contribution in [2.24, 2.45) is 10.3 Å². The Bertz CT molecular complexity index is 960. The zero-order valence-electron chi connectivity index (χ0n) is 17.9. The Balaban J connectivity index is 1.91. The van der Waals surface area contributed by atoms with Crippen molar-refractivity contribution in [1.82, 2.24) is 5.01 Å². The molecule has 0 saturated carbocycles. The summed E-state index contributed by atoms with van der Waals surface area (Å²) < 4.78 is 20.8. The molecule has 1 heterocycles. The fourth-order valence-corrected chi connectivity index (χ4v) is 3.29. The molecule has 0 spiro atoms. The Morgan fingerprint density at radius 3 is 2.29 bits per heavy atom. The number of hydrogen-bond acceptors (Lipinski definition) is 9. The maximum atomic E-state index is 13.4. The lowest BCUT2D eigenvalue weighted by atomic mass is 9.97. The first-order valence-electron chi connectivity index (χ1n) is 9.75. The molecule has 0 bridgehead atoms. The third-order valence-electron chi connectivity index (χ3n) is 4.88. The van der Waals surface area contributed by atoms with Gasteiger partial charge in [0, 0.05) is 5.56 Å². The summed E-state index contributed by atoms with van der Waals surface area (Å²) >= 11 is 0. The summed E-state index contributed by atoms with van der Waals surface area (Å²) in [6.07, 6.45) is 0. The molecule has 0 N–H and O–H groups in total. The molecule has 2 atom stereocenters. The monoisotopic (exact) mass is 427 g/mol. The summed E-state index contributed by atoms with van der Waals surface area (Å²) in [5, 5.41) is 9.66. The summed E-state index contributed by atoms with van der Waals surface area (Å²) in [4.78, 5) is 25.9. The quantitative estimate of drug-likeness (QED) is 0.448. The van der Waals surface area contributed by atoms with E-state index in [9.17, 15) is 9.59 Å². The lowest BCUT2D eigenvalue weighted by Gasteiger charge is -2.24. The molecular formula is C22H25N3O6. The zero-order chi connectivity index (χ0) is 22.4. The van der Waals surface area contributed by atoms with Gasteiger partial charge in [0.1, 0.15) is 11.8 Å². The first-order chi connectivity index (χ1) is 15.0. The van der Waals surface area contributed by atoms with E-state index in [4.69, 9.17) is 18.9 Å². The zero-order valence-corrected chi connectivity index (χ0v) is 17.9. The number of ketones is 1. The van der Waals surface area contributed by atoms with Crippen molar-refractivity contribution < 1.29 is 28.5 Å². The number of esters is 1. The van der Waals surface area contributed by atoms with Crippen LogP contribution >= 0.6 is 0 Å². The minimum absolute atomic E-state index is 0.181. The fraction of sp³-hybridized carbons (Fsp3) is 0.364. The first kappa shape index (κ1) is 22.1. The number of carbonyl (C=O) groups is 2. The van der Waals surface area contributed by atoms with E-state index in [2.05, 4.69) is 10.3 Å². The molecule has 31 heavy (non-hydrogen) atoms. The number of ether oxygens (including phenoxy) is 4. The SMILES string of the molecule is CCOC(=O)C1N=NN(Cc2ccc(OC)cc2)C1C(=O)c1ccc(OC)c(OC)c1. The second kappa shape index (κ2) is 9.92. The van der Waals surface area contributed by atoms with Crippen LogP contribution in [-0.2, 0) is 16.1 Å².